The minimum Gasteiger partial charge on any atom is -0.354 e. The fourth-order valence-electron chi connectivity index (χ4n) is 4.56. The lowest BCUT2D eigenvalue weighted by Crippen LogP contribution is -2.39. The Morgan fingerprint density at radius 1 is 1.03 bits per heavy atom. The van der Waals surface area contributed by atoms with Crippen LogP contribution in [0.25, 0.3) is 6.08 Å². The number of fused-ring (bicyclic) bond motifs is 1. The number of hydrogen-bond acceptors (Lipinski definition) is 3. The Hall–Kier alpha value is -2.92. The van der Waals surface area contributed by atoms with Crippen LogP contribution in [0.4, 0.5) is 0 Å². The van der Waals surface area contributed by atoms with Crippen LogP contribution in [0.5, 0.6) is 0 Å². The van der Waals surface area contributed by atoms with Crippen LogP contribution >= 0.6 is 0 Å². The second-order valence-corrected chi connectivity index (χ2v) is 8.06. The summed E-state index contributed by atoms with van der Waals surface area (Å²) in [6.07, 6.45) is 6.39. The predicted molar refractivity (Wildman–Crippen MR) is 118 cm³/mol. The third-order valence-electron chi connectivity index (χ3n) is 6.11. The lowest BCUT2D eigenvalue weighted by atomic mass is 9.93. The summed E-state index contributed by atoms with van der Waals surface area (Å²) in [5.74, 6) is -0.0886. The second kappa shape index (κ2) is 9.26. The first-order valence-corrected chi connectivity index (χ1v) is 10.7. The van der Waals surface area contributed by atoms with Gasteiger partial charge in [0.15, 0.2) is 0 Å². The van der Waals surface area contributed by atoms with Crippen LogP contribution in [0.1, 0.15) is 55.0 Å². The van der Waals surface area contributed by atoms with E-state index in [0.717, 1.165) is 24.2 Å². The van der Waals surface area contributed by atoms with Gasteiger partial charge in [-0.3, -0.25) is 14.5 Å². The van der Waals surface area contributed by atoms with E-state index in [1.807, 2.05) is 36.4 Å². The highest BCUT2D eigenvalue weighted by Crippen LogP contribution is 2.33. The molecule has 0 aromatic heterocycles. The number of benzene rings is 2. The van der Waals surface area contributed by atoms with Gasteiger partial charge in [-0.05, 0) is 48.7 Å². The summed E-state index contributed by atoms with van der Waals surface area (Å²) >= 11 is 0. The van der Waals surface area contributed by atoms with Gasteiger partial charge in [-0.2, -0.15) is 0 Å². The van der Waals surface area contributed by atoms with Crippen LogP contribution in [0, 0.1) is 0 Å². The molecule has 2 aromatic carbocycles. The first-order chi connectivity index (χ1) is 14.6. The number of hydrogen-bond donors (Lipinski definition) is 1. The quantitative estimate of drug-likeness (QED) is 0.796. The van der Waals surface area contributed by atoms with E-state index in [1.54, 1.807) is 18.0 Å². The number of amides is 2. The number of rotatable bonds is 6. The monoisotopic (exact) mass is 403 g/mol. The molecule has 2 aliphatic rings. The van der Waals surface area contributed by atoms with Gasteiger partial charge >= 0.3 is 0 Å². The van der Waals surface area contributed by atoms with Crippen molar-refractivity contribution < 1.29 is 9.59 Å². The smallest absolute Gasteiger partial charge is 0.223 e. The summed E-state index contributed by atoms with van der Waals surface area (Å²) in [4.78, 5) is 29.2. The third-order valence-corrected chi connectivity index (χ3v) is 6.11. The van der Waals surface area contributed by atoms with Gasteiger partial charge in [0.2, 0.25) is 11.8 Å². The van der Waals surface area contributed by atoms with Gasteiger partial charge in [0.05, 0.1) is 18.5 Å². The van der Waals surface area contributed by atoms with Gasteiger partial charge in [-0.15, -0.1) is 0 Å². The normalized spacial score (nSPS) is 19.4. The molecule has 2 atom stereocenters. The van der Waals surface area contributed by atoms with Crippen LogP contribution in [0.2, 0.25) is 0 Å². The lowest BCUT2D eigenvalue weighted by molar-refractivity contribution is -0.130. The highest BCUT2D eigenvalue weighted by Gasteiger charge is 2.29. The maximum atomic E-state index is 12.9. The molecule has 1 N–H and O–H groups in total. The van der Waals surface area contributed by atoms with Crippen LogP contribution in [0.3, 0.4) is 0 Å². The molecule has 5 nitrogen and oxygen atoms in total. The SMILES string of the molecule is CC(=O)N1C=Cc2ccccc2C1CC(=O)NCC(c1ccccc1)N1CCCC1. The summed E-state index contributed by atoms with van der Waals surface area (Å²) in [6.45, 7) is 4.25. The Bertz CT molecular complexity index is 919. The Kier molecular flexibility index (Phi) is 6.29. The van der Waals surface area contributed by atoms with Crippen molar-refractivity contribution in [2.45, 2.75) is 38.3 Å². The van der Waals surface area contributed by atoms with Crippen LogP contribution in [0.15, 0.2) is 60.8 Å². The minimum absolute atomic E-state index is 0.0310. The molecule has 0 aliphatic carbocycles. The zero-order valence-electron chi connectivity index (χ0n) is 17.5. The van der Waals surface area contributed by atoms with Gasteiger partial charge in [0, 0.05) is 19.7 Å². The molecule has 0 bridgehead atoms. The standard InChI is InChI=1S/C25H29N3O2/c1-19(29)28-16-13-20-9-5-6-12-22(20)23(28)17-25(30)26-18-24(27-14-7-8-15-27)21-10-3-2-4-11-21/h2-6,9-13,16,23-24H,7-8,14-15,17-18H2,1H3,(H,26,30). The summed E-state index contributed by atoms with van der Waals surface area (Å²) in [7, 11) is 0. The molecule has 5 heteroatoms. The summed E-state index contributed by atoms with van der Waals surface area (Å²) in [5, 5.41) is 3.15. The van der Waals surface area contributed by atoms with Crippen molar-refractivity contribution in [1.82, 2.24) is 15.1 Å². The molecule has 4 rings (SSSR count). The van der Waals surface area contributed by atoms with Gasteiger partial charge in [-0.25, -0.2) is 0 Å². The van der Waals surface area contributed by atoms with Crippen molar-refractivity contribution in [2.24, 2.45) is 0 Å². The van der Waals surface area contributed by atoms with Crippen LogP contribution in [-0.2, 0) is 9.59 Å². The van der Waals surface area contributed by atoms with Crippen molar-refractivity contribution >= 4 is 17.9 Å². The highest BCUT2D eigenvalue weighted by molar-refractivity contribution is 5.81. The van der Waals surface area contributed by atoms with E-state index in [1.165, 1.54) is 18.4 Å². The van der Waals surface area contributed by atoms with Crippen LogP contribution < -0.4 is 5.32 Å². The van der Waals surface area contributed by atoms with Crippen molar-refractivity contribution in [1.29, 1.82) is 0 Å². The van der Waals surface area contributed by atoms with Gasteiger partial charge in [0.25, 0.3) is 0 Å². The van der Waals surface area contributed by atoms with Gasteiger partial charge in [-0.1, -0.05) is 54.6 Å². The van der Waals surface area contributed by atoms with E-state index in [0.29, 0.717) is 6.54 Å². The van der Waals surface area contributed by atoms with E-state index in [2.05, 4.69) is 34.5 Å². The first-order valence-electron chi connectivity index (χ1n) is 10.7. The van der Waals surface area contributed by atoms with E-state index in [9.17, 15) is 9.59 Å². The lowest BCUT2D eigenvalue weighted by Gasteiger charge is -2.33. The molecule has 2 aromatic rings. The Morgan fingerprint density at radius 2 is 1.73 bits per heavy atom. The number of likely N-dealkylation sites (tertiary alicyclic amines) is 1. The minimum atomic E-state index is -0.273. The number of carbonyl (C=O) groups excluding carboxylic acids is 2. The second-order valence-electron chi connectivity index (χ2n) is 8.06. The fraction of sp³-hybridized carbons (Fsp3) is 0.360. The summed E-state index contributed by atoms with van der Waals surface area (Å²) in [5.41, 5.74) is 3.31. The predicted octanol–water partition coefficient (Wildman–Crippen LogP) is 3.90. The first kappa shape index (κ1) is 20.4. The van der Waals surface area contributed by atoms with Gasteiger partial charge < -0.3 is 10.2 Å². The number of nitrogens with zero attached hydrogens (tertiary/aromatic N) is 2. The number of carbonyl (C=O) groups is 2. The molecular formula is C25H29N3O2. The van der Waals surface area contributed by atoms with Crippen molar-refractivity contribution in [2.75, 3.05) is 19.6 Å². The maximum absolute atomic E-state index is 12.9. The van der Waals surface area contributed by atoms with Crippen molar-refractivity contribution in [3.63, 3.8) is 0 Å². The molecule has 156 valence electrons. The molecular weight excluding hydrogens is 374 g/mol. The fourth-order valence-corrected chi connectivity index (χ4v) is 4.56. The summed E-state index contributed by atoms with van der Waals surface area (Å²) < 4.78 is 0. The molecule has 0 radical (unpaired) electrons. The van der Waals surface area contributed by atoms with Crippen molar-refractivity contribution in [3.8, 4) is 0 Å². The maximum Gasteiger partial charge on any atom is 0.223 e. The molecule has 1 fully saturated rings. The zero-order chi connectivity index (χ0) is 20.9. The van der Waals surface area contributed by atoms with E-state index in [-0.39, 0.29) is 30.3 Å². The van der Waals surface area contributed by atoms with E-state index < -0.39 is 0 Å². The van der Waals surface area contributed by atoms with Crippen molar-refractivity contribution in [3.05, 3.63) is 77.5 Å². The Balaban J connectivity index is 1.46. The topological polar surface area (TPSA) is 52.7 Å². The third kappa shape index (κ3) is 4.46. The number of nitrogens with one attached hydrogen (secondary N) is 1. The molecule has 0 spiro atoms. The average molecular weight is 404 g/mol. The summed E-state index contributed by atoms with van der Waals surface area (Å²) in [6, 6.07) is 18.3. The zero-order valence-corrected chi connectivity index (χ0v) is 17.5. The highest BCUT2D eigenvalue weighted by atomic mass is 16.2. The Labute approximate surface area is 178 Å². The average Bonchev–Trinajstić information content (AvgIpc) is 3.29. The Morgan fingerprint density at radius 3 is 2.47 bits per heavy atom. The molecule has 0 saturated carbocycles. The van der Waals surface area contributed by atoms with Gasteiger partial charge in [0.1, 0.15) is 0 Å². The molecule has 2 amide bonds. The largest absolute Gasteiger partial charge is 0.354 e. The molecule has 2 heterocycles. The van der Waals surface area contributed by atoms with E-state index >= 15 is 0 Å². The van der Waals surface area contributed by atoms with Crippen LogP contribution in [-0.4, -0.2) is 41.2 Å². The molecule has 1 saturated heterocycles. The molecule has 2 aliphatic heterocycles. The molecule has 30 heavy (non-hydrogen) atoms. The molecule has 2 unspecified atom stereocenters. The van der Waals surface area contributed by atoms with E-state index in [4.69, 9.17) is 0 Å².